The van der Waals surface area contributed by atoms with Gasteiger partial charge in [0.15, 0.2) is 0 Å². The van der Waals surface area contributed by atoms with Crippen LogP contribution in [0.25, 0.3) is 5.69 Å². The van der Waals surface area contributed by atoms with Crippen LogP contribution in [0.1, 0.15) is 12.5 Å². The van der Waals surface area contributed by atoms with Crippen molar-refractivity contribution in [1.82, 2.24) is 14.8 Å². The number of rotatable bonds is 2. The zero-order valence-corrected chi connectivity index (χ0v) is 9.14. The van der Waals surface area contributed by atoms with Crippen LogP contribution in [-0.2, 0) is 4.79 Å². The van der Waals surface area contributed by atoms with Gasteiger partial charge in [0.1, 0.15) is 5.82 Å². The highest BCUT2D eigenvalue weighted by Crippen LogP contribution is 2.09. The van der Waals surface area contributed by atoms with Gasteiger partial charge in [-0.2, -0.15) is 5.10 Å². The van der Waals surface area contributed by atoms with E-state index in [4.69, 9.17) is 0 Å². The summed E-state index contributed by atoms with van der Waals surface area (Å²) in [6.07, 6.45) is 5.36. The van der Waals surface area contributed by atoms with Crippen molar-refractivity contribution in [3.05, 3.63) is 36.3 Å². The Hall–Kier alpha value is -2.17. The van der Waals surface area contributed by atoms with Gasteiger partial charge < -0.3 is 5.32 Å². The van der Waals surface area contributed by atoms with Crippen molar-refractivity contribution in [2.45, 2.75) is 13.8 Å². The van der Waals surface area contributed by atoms with E-state index in [2.05, 4.69) is 15.4 Å². The Kier molecular flexibility index (Phi) is 2.68. The van der Waals surface area contributed by atoms with Gasteiger partial charge in [-0.15, -0.1) is 0 Å². The fraction of sp³-hybridized carbons (Fsp3) is 0.182. The molecule has 16 heavy (non-hydrogen) atoms. The minimum atomic E-state index is -0.129. The van der Waals surface area contributed by atoms with Gasteiger partial charge in [0, 0.05) is 13.1 Å². The predicted molar refractivity (Wildman–Crippen MR) is 60.4 cm³/mol. The van der Waals surface area contributed by atoms with Crippen molar-refractivity contribution in [2.75, 3.05) is 5.32 Å². The number of nitrogens with one attached hydrogen (secondary N) is 1. The smallest absolute Gasteiger partial charge is 0.222 e. The van der Waals surface area contributed by atoms with Gasteiger partial charge in [-0.3, -0.25) is 4.79 Å². The summed E-state index contributed by atoms with van der Waals surface area (Å²) >= 11 is 0. The number of nitrogens with zero attached hydrogens (tertiary/aromatic N) is 3. The molecule has 0 aliphatic carbocycles. The molecule has 0 aliphatic heterocycles. The molecule has 2 rings (SSSR count). The van der Waals surface area contributed by atoms with E-state index in [1.165, 1.54) is 6.92 Å². The minimum absolute atomic E-state index is 0.129. The molecule has 5 heteroatoms. The highest BCUT2D eigenvalue weighted by molar-refractivity contribution is 5.87. The van der Waals surface area contributed by atoms with E-state index >= 15 is 0 Å². The first-order chi connectivity index (χ1) is 7.65. The number of carbonyl (C=O) groups is 1. The van der Waals surface area contributed by atoms with Crippen molar-refractivity contribution in [2.24, 2.45) is 0 Å². The maximum atomic E-state index is 10.8. The predicted octanol–water partition coefficient (Wildman–Crippen LogP) is 1.53. The van der Waals surface area contributed by atoms with Crippen molar-refractivity contribution in [1.29, 1.82) is 0 Å². The minimum Gasteiger partial charge on any atom is -0.311 e. The quantitative estimate of drug-likeness (QED) is 0.828. The van der Waals surface area contributed by atoms with Gasteiger partial charge in [-0.1, -0.05) is 0 Å². The summed E-state index contributed by atoms with van der Waals surface area (Å²) in [4.78, 5) is 14.9. The highest BCUT2D eigenvalue weighted by Gasteiger charge is 2.00. The Morgan fingerprint density at radius 1 is 1.38 bits per heavy atom. The lowest BCUT2D eigenvalue weighted by Crippen LogP contribution is -2.07. The monoisotopic (exact) mass is 216 g/mol. The molecule has 5 nitrogen and oxygen atoms in total. The Bertz CT molecular complexity index is 501. The zero-order chi connectivity index (χ0) is 11.5. The third kappa shape index (κ3) is 2.25. The molecular formula is C11H12N4O. The SMILES string of the molecule is CC(=O)Nc1ccc(-n2cc(C)cn2)cn1. The molecule has 0 aromatic carbocycles. The second-order valence-corrected chi connectivity index (χ2v) is 3.55. The van der Waals surface area contributed by atoms with E-state index in [9.17, 15) is 4.79 Å². The lowest BCUT2D eigenvalue weighted by molar-refractivity contribution is -0.114. The molecule has 1 amide bonds. The van der Waals surface area contributed by atoms with Crippen molar-refractivity contribution >= 4 is 11.7 Å². The van der Waals surface area contributed by atoms with E-state index in [-0.39, 0.29) is 5.91 Å². The van der Waals surface area contributed by atoms with Gasteiger partial charge in [0.2, 0.25) is 5.91 Å². The third-order valence-electron chi connectivity index (χ3n) is 2.03. The fourth-order valence-electron chi connectivity index (χ4n) is 1.33. The first-order valence-electron chi connectivity index (χ1n) is 4.90. The van der Waals surface area contributed by atoms with Gasteiger partial charge in [0.05, 0.1) is 18.1 Å². The number of pyridine rings is 1. The van der Waals surface area contributed by atoms with Gasteiger partial charge in [0.25, 0.3) is 0 Å². The second-order valence-electron chi connectivity index (χ2n) is 3.55. The van der Waals surface area contributed by atoms with Crippen molar-refractivity contribution < 1.29 is 4.79 Å². The first kappa shape index (κ1) is 10.4. The summed E-state index contributed by atoms with van der Waals surface area (Å²) in [5, 5.41) is 6.77. The number of aromatic nitrogens is 3. The lowest BCUT2D eigenvalue weighted by Gasteiger charge is -2.03. The van der Waals surface area contributed by atoms with E-state index in [0.717, 1.165) is 11.3 Å². The van der Waals surface area contributed by atoms with Crippen LogP contribution in [0.4, 0.5) is 5.82 Å². The maximum Gasteiger partial charge on any atom is 0.222 e. The summed E-state index contributed by atoms with van der Waals surface area (Å²) in [5.41, 5.74) is 1.95. The zero-order valence-electron chi connectivity index (χ0n) is 9.14. The van der Waals surface area contributed by atoms with Crippen molar-refractivity contribution in [3.63, 3.8) is 0 Å². The van der Waals surface area contributed by atoms with E-state index in [1.807, 2.05) is 19.2 Å². The van der Waals surface area contributed by atoms with E-state index in [0.29, 0.717) is 5.82 Å². The van der Waals surface area contributed by atoms with Crippen LogP contribution in [-0.4, -0.2) is 20.7 Å². The third-order valence-corrected chi connectivity index (χ3v) is 2.03. The second kappa shape index (κ2) is 4.14. The van der Waals surface area contributed by atoms with E-state index in [1.54, 1.807) is 23.1 Å². The molecule has 0 atom stereocenters. The average molecular weight is 216 g/mol. The standard InChI is InChI=1S/C11H12N4O/c1-8-5-13-15(7-8)10-3-4-11(12-6-10)14-9(2)16/h3-7H,1-2H3,(H,12,14,16). The Morgan fingerprint density at radius 3 is 2.69 bits per heavy atom. The Labute approximate surface area is 93.1 Å². The molecule has 0 spiro atoms. The molecule has 0 fully saturated rings. The first-order valence-corrected chi connectivity index (χ1v) is 4.90. The molecule has 0 saturated carbocycles. The van der Waals surface area contributed by atoms with Crippen LogP contribution >= 0.6 is 0 Å². The van der Waals surface area contributed by atoms with Gasteiger partial charge in [-0.25, -0.2) is 9.67 Å². The Balaban J connectivity index is 2.22. The average Bonchev–Trinajstić information content (AvgIpc) is 2.65. The van der Waals surface area contributed by atoms with Crippen LogP contribution in [0, 0.1) is 6.92 Å². The number of aryl methyl sites for hydroxylation is 1. The lowest BCUT2D eigenvalue weighted by atomic mass is 10.4. The summed E-state index contributed by atoms with van der Waals surface area (Å²) in [6.45, 7) is 3.43. The largest absolute Gasteiger partial charge is 0.311 e. The molecule has 0 radical (unpaired) electrons. The number of anilines is 1. The molecule has 82 valence electrons. The van der Waals surface area contributed by atoms with Crippen molar-refractivity contribution in [3.8, 4) is 5.69 Å². The van der Waals surface area contributed by atoms with Gasteiger partial charge >= 0.3 is 0 Å². The Morgan fingerprint density at radius 2 is 2.19 bits per heavy atom. The summed E-state index contributed by atoms with van der Waals surface area (Å²) in [7, 11) is 0. The molecule has 1 N–H and O–H groups in total. The fourth-order valence-corrected chi connectivity index (χ4v) is 1.33. The van der Waals surface area contributed by atoms with E-state index < -0.39 is 0 Å². The number of hydrogen-bond donors (Lipinski definition) is 1. The molecule has 0 saturated heterocycles. The molecule has 2 aromatic rings. The summed E-state index contributed by atoms with van der Waals surface area (Å²) < 4.78 is 1.74. The van der Waals surface area contributed by atoms with Crippen LogP contribution in [0.2, 0.25) is 0 Å². The number of hydrogen-bond acceptors (Lipinski definition) is 3. The van der Waals surface area contributed by atoms with Gasteiger partial charge in [-0.05, 0) is 24.6 Å². The molecule has 2 aromatic heterocycles. The highest BCUT2D eigenvalue weighted by atomic mass is 16.1. The molecule has 2 heterocycles. The molecule has 0 unspecified atom stereocenters. The van der Waals surface area contributed by atoms with Crippen LogP contribution in [0.3, 0.4) is 0 Å². The normalized spacial score (nSPS) is 10.1. The number of amides is 1. The van der Waals surface area contributed by atoms with Crippen LogP contribution in [0.5, 0.6) is 0 Å². The van der Waals surface area contributed by atoms with Crippen LogP contribution in [0.15, 0.2) is 30.7 Å². The summed E-state index contributed by atoms with van der Waals surface area (Å²) in [5.74, 6) is 0.412. The summed E-state index contributed by atoms with van der Waals surface area (Å²) in [6, 6.07) is 3.60. The molecular weight excluding hydrogens is 204 g/mol. The number of carbonyl (C=O) groups excluding carboxylic acids is 1. The molecule has 0 bridgehead atoms. The molecule has 0 aliphatic rings. The topological polar surface area (TPSA) is 59.8 Å². The van der Waals surface area contributed by atoms with Crippen LogP contribution < -0.4 is 5.32 Å². The maximum absolute atomic E-state index is 10.8.